The molecule has 8 nitrogen and oxygen atoms in total. The summed E-state index contributed by atoms with van der Waals surface area (Å²) in [5, 5.41) is 13.9. The second-order valence-electron chi connectivity index (χ2n) is 15.7. The number of hydrogen-bond acceptors (Lipinski definition) is 5. The number of hydrogen-bond donors (Lipinski definition) is 3. The van der Waals surface area contributed by atoms with Crippen LogP contribution < -0.4 is 5.32 Å². The van der Waals surface area contributed by atoms with Crippen molar-refractivity contribution in [3.8, 4) is 0 Å². The summed E-state index contributed by atoms with van der Waals surface area (Å²) in [5.74, 6) is -0.150. The Bertz CT molecular complexity index is 834. The first-order valence-corrected chi connectivity index (χ1v) is 22.5. The number of quaternary nitrogens is 1. The van der Waals surface area contributed by atoms with E-state index in [2.05, 4.69) is 31.3 Å². The topological polar surface area (TPSA) is 105 Å². The third kappa shape index (κ3) is 35.6. The lowest BCUT2D eigenvalue weighted by molar-refractivity contribution is -0.870. The van der Waals surface area contributed by atoms with Crippen LogP contribution in [0.2, 0.25) is 0 Å². The summed E-state index contributed by atoms with van der Waals surface area (Å²) in [6.45, 7) is 4.87. The van der Waals surface area contributed by atoms with Crippen molar-refractivity contribution in [3.63, 3.8) is 0 Å². The van der Waals surface area contributed by atoms with E-state index in [4.69, 9.17) is 9.05 Å². The molecule has 0 aliphatic carbocycles. The van der Waals surface area contributed by atoms with Crippen LogP contribution in [0.4, 0.5) is 0 Å². The molecule has 0 fully saturated rings. The van der Waals surface area contributed by atoms with Gasteiger partial charge >= 0.3 is 7.82 Å². The monoisotopic (exact) mass is 732 g/mol. The van der Waals surface area contributed by atoms with Crippen molar-refractivity contribution < 1.29 is 32.9 Å². The molecule has 0 bridgehead atoms. The van der Waals surface area contributed by atoms with Gasteiger partial charge < -0.3 is 19.8 Å². The number of unbranched alkanes of at least 4 members (excludes halogenated alkanes) is 23. The zero-order valence-corrected chi connectivity index (χ0v) is 34.5. The predicted molar refractivity (Wildman–Crippen MR) is 212 cm³/mol. The zero-order chi connectivity index (χ0) is 37.2. The van der Waals surface area contributed by atoms with Crippen LogP contribution in [-0.4, -0.2) is 73.4 Å². The number of carbonyl (C=O) groups is 1. The fraction of sp³-hybridized carbons (Fsp3) is 0.927. The molecule has 0 heterocycles. The molecule has 9 heteroatoms. The molecule has 298 valence electrons. The van der Waals surface area contributed by atoms with Gasteiger partial charge in [-0.15, -0.1) is 0 Å². The molecule has 0 radical (unpaired) electrons. The lowest BCUT2D eigenvalue weighted by atomic mass is 10.0. The summed E-state index contributed by atoms with van der Waals surface area (Å²) in [4.78, 5) is 23.1. The summed E-state index contributed by atoms with van der Waals surface area (Å²) >= 11 is 0. The average molecular weight is 732 g/mol. The molecule has 3 N–H and O–H groups in total. The molecule has 0 aliphatic heterocycles. The van der Waals surface area contributed by atoms with Crippen molar-refractivity contribution in [1.82, 2.24) is 5.32 Å². The lowest BCUT2D eigenvalue weighted by Gasteiger charge is -2.26. The SMILES string of the molecule is CCCCCCCC/C=C/CCCCCCCCCC(=O)N[C@@H](COP(=O)(O)OCC[N+](C)(C)C)[C@H](O)CCCCCCCCCCCCC. The summed E-state index contributed by atoms with van der Waals surface area (Å²) in [7, 11) is 1.62. The van der Waals surface area contributed by atoms with Crippen LogP contribution in [-0.2, 0) is 18.4 Å². The molecule has 0 aromatic heterocycles. The van der Waals surface area contributed by atoms with Crippen molar-refractivity contribution in [2.45, 2.75) is 206 Å². The van der Waals surface area contributed by atoms with Gasteiger partial charge in [0.2, 0.25) is 5.91 Å². The van der Waals surface area contributed by atoms with Crippen molar-refractivity contribution in [2.24, 2.45) is 0 Å². The summed E-state index contributed by atoms with van der Waals surface area (Å²) in [6.07, 6.45) is 36.6. The maximum atomic E-state index is 12.8. The minimum absolute atomic E-state index is 0.0754. The molecule has 0 aromatic carbocycles. The largest absolute Gasteiger partial charge is 0.472 e. The molecule has 1 unspecified atom stereocenters. The van der Waals surface area contributed by atoms with Crippen LogP contribution in [0.3, 0.4) is 0 Å². The average Bonchev–Trinajstić information content (AvgIpc) is 3.06. The molecular formula is C41H84N2O6P+. The van der Waals surface area contributed by atoms with Gasteiger partial charge in [0.25, 0.3) is 0 Å². The van der Waals surface area contributed by atoms with Gasteiger partial charge in [-0.1, -0.05) is 161 Å². The van der Waals surface area contributed by atoms with Crippen LogP contribution in [0.5, 0.6) is 0 Å². The fourth-order valence-corrected chi connectivity index (χ4v) is 6.83. The van der Waals surface area contributed by atoms with Crippen LogP contribution in [0.25, 0.3) is 0 Å². The minimum atomic E-state index is -4.30. The van der Waals surface area contributed by atoms with E-state index in [1.54, 1.807) is 0 Å². The first-order chi connectivity index (χ1) is 24.0. The summed E-state index contributed by atoms with van der Waals surface area (Å²) in [6, 6.07) is -0.757. The Morgan fingerprint density at radius 2 is 1.08 bits per heavy atom. The maximum absolute atomic E-state index is 12.8. The van der Waals surface area contributed by atoms with Gasteiger partial charge in [-0.2, -0.15) is 0 Å². The van der Waals surface area contributed by atoms with Crippen LogP contribution in [0, 0.1) is 0 Å². The Morgan fingerprint density at radius 3 is 1.54 bits per heavy atom. The van der Waals surface area contributed by atoms with Gasteiger partial charge in [0.1, 0.15) is 13.2 Å². The van der Waals surface area contributed by atoms with E-state index in [-0.39, 0.29) is 19.1 Å². The minimum Gasteiger partial charge on any atom is -0.391 e. The first kappa shape index (κ1) is 49.2. The van der Waals surface area contributed by atoms with E-state index in [9.17, 15) is 19.4 Å². The highest BCUT2D eigenvalue weighted by Gasteiger charge is 2.28. The number of aliphatic hydroxyl groups excluding tert-OH is 1. The number of carbonyl (C=O) groups excluding carboxylic acids is 1. The van der Waals surface area contributed by atoms with E-state index in [0.29, 0.717) is 23.9 Å². The van der Waals surface area contributed by atoms with Crippen LogP contribution >= 0.6 is 7.82 Å². The standard InChI is InChI=1S/C41H83N2O6P/c1-6-8-10-12-14-16-18-19-20-21-22-23-25-27-29-31-33-35-41(45)42-39(38-49-50(46,47)48-37-36-43(3,4)5)40(44)34-32-30-28-26-24-17-15-13-11-9-7-2/h19-20,39-40,44H,6-18,21-38H2,1-5H3,(H-,42,45,46,47)/p+1/b20-19+/t39-,40+/m0/s1. The van der Waals surface area contributed by atoms with E-state index in [1.165, 1.54) is 128 Å². The van der Waals surface area contributed by atoms with E-state index < -0.39 is 20.0 Å². The smallest absolute Gasteiger partial charge is 0.391 e. The first-order valence-electron chi connectivity index (χ1n) is 21.1. The summed E-state index contributed by atoms with van der Waals surface area (Å²) in [5.41, 5.74) is 0. The number of phosphoric ester groups is 1. The highest BCUT2D eigenvalue weighted by atomic mass is 31.2. The second kappa shape index (κ2) is 34.0. The van der Waals surface area contributed by atoms with Gasteiger partial charge in [-0.25, -0.2) is 4.57 Å². The molecule has 0 aromatic rings. The summed E-state index contributed by atoms with van der Waals surface area (Å²) < 4.78 is 23.5. The quantitative estimate of drug-likeness (QED) is 0.0253. The lowest BCUT2D eigenvalue weighted by Crippen LogP contribution is -2.46. The van der Waals surface area contributed by atoms with Gasteiger partial charge in [0.05, 0.1) is 39.9 Å². The van der Waals surface area contributed by atoms with Gasteiger partial charge in [0.15, 0.2) is 0 Å². The number of allylic oxidation sites excluding steroid dienone is 2. The highest BCUT2D eigenvalue weighted by Crippen LogP contribution is 2.43. The molecule has 0 rings (SSSR count). The predicted octanol–water partition coefficient (Wildman–Crippen LogP) is 11.2. The highest BCUT2D eigenvalue weighted by molar-refractivity contribution is 7.47. The van der Waals surface area contributed by atoms with Gasteiger partial charge in [-0.3, -0.25) is 13.8 Å². The Labute approximate surface area is 310 Å². The Kier molecular flexibility index (Phi) is 33.5. The third-order valence-electron chi connectivity index (χ3n) is 9.51. The number of aliphatic hydroxyl groups is 1. The van der Waals surface area contributed by atoms with Crippen molar-refractivity contribution in [1.29, 1.82) is 0 Å². The Morgan fingerprint density at radius 1 is 0.660 bits per heavy atom. The number of likely N-dealkylation sites (N-methyl/N-ethyl adjacent to an activating group) is 1. The molecule has 0 saturated heterocycles. The normalized spacial score (nSPS) is 14.6. The molecule has 0 saturated carbocycles. The van der Waals surface area contributed by atoms with Crippen molar-refractivity contribution in [3.05, 3.63) is 12.2 Å². The Balaban J connectivity index is 4.36. The molecule has 3 atom stereocenters. The number of amides is 1. The van der Waals surface area contributed by atoms with Gasteiger partial charge in [0, 0.05) is 6.42 Å². The fourth-order valence-electron chi connectivity index (χ4n) is 6.10. The number of phosphoric acid groups is 1. The number of rotatable bonds is 38. The number of nitrogens with one attached hydrogen (secondary N) is 1. The Hall–Kier alpha value is -0.760. The van der Waals surface area contributed by atoms with Gasteiger partial charge in [-0.05, 0) is 38.5 Å². The van der Waals surface area contributed by atoms with E-state index in [1.807, 2.05) is 21.1 Å². The van der Waals surface area contributed by atoms with Crippen molar-refractivity contribution >= 4 is 13.7 Å². The van der Waals surface area contributed by atoms with E-state index in [0.717, 1.165) is 38.5 Å². The maximum Gasteiger partial charge on any atom is 0.472 e. The molecule has 1 amide bonds. The molecule has 0 spiro atoms. The van der Waals surface area contributed by atoms with Crippen LogP contribution in [0.15, 0.2) is 12.2 Å². The van der Waals surface area contributed by atoms with Crippen molar-refractivity contribution in [2.75, 3.05) is 40.9 Å². The van der Waals surface area contributed by atoms with Crippen LogP contribution in [0.1, 0.15) is 194 Å². The second-order valence-corrected chi connectivity index (χ2v) is 17.2. The molecule has 50 heavy (non-hydrogen) atoms. The number of nitrogens with zero attached hydrogens (tertiary/aromatic N) is 1. The molecular weight excluding hydrogens is 647 g/mol. The molecule has 0 aliphatic rings. The van der Waals surface area contributed by atoms with E-state index >= 15 is 0 Å². The third-order valence-corrected chi connectivity index (χ3v) is 10.5. The zero-order valence-electron chi connectivity index (χ0n) is 33.7.